The highest BCUT2D eigenvalue weighted by atomic mass is 16.4. The van der Waals surface area contributed by atoms with Crippen molar-refractivity contribution in [3.63, 3.8) is 0 Å². The normalized spacial score (nSPS) is 15.5. The summed E-state index contributed by atoms with van der Waals surface area (Å²) in [6.07, 6.45) is 0.681. The largest absolute Gasteiger partial charge is 0.481 e. The molecular formula is C37H56N6O10. The van der Waals surface area contributed by atoms with Crippen molar-refractivity contribution in [1.82, 2.24) is 31.5 Å². The van der Waals surface area contributed by atoms with Crippen molar-refractivity contribution >= 4 is 47.4 Å². The van der Waals surface area contributed by atoms with Crippen molar-refractivity contribution in [3.8, 4) is 0 Å². The van der Waals surface area contributed by atoms with Crippen LogP contribution in [0.15, 0.2) is 30.3 Å². The molecule has 0 saturated carbocycles. The minimum Gasteiger partial charge on any atom is -0.481 e. The van der Waals surface area contributed by atoms with Crippen LogP contribution in [0.4, 0.5) is 0 Å². The third kappa shape index (κ3) is 15.2. The maximum atomic E-state index is 13.8. The minimum atomic E-state index is -1.74. The summed E-state index contributed by atoms with van der Waals surface area (Å²) >= 11 is 0. The number of carbonyl (C=O) groups excluding carboxylic acids is 6. The topological polar surface area (TPSA) is 240 Å². The maximum absolute atomic E-state index is 13.8. The molecule has 1 aromatic carbocycles. The SMILES string of the molecule is CC(C)C[C@H](NC(=O)[C@H](CC(=O)O)NC(=O)[C@H](CC(=O)N1CCCC1)NC(=O)[C@@H](NC(=O)[C@@H](NC(=O)CCc1ccccc1)C(C)C)C(C)C)C(=O)O. The van der Waals surface area contributed by atoms with E-state index in [1.807, 2.05) is 30.3 Å². The molecule has 294 valence electrons. The molecule has 0 aliphatic carbocycles. The Morgan fingerprint density at radius 2 is 1.13 bits per heavy atom. The number of nitrogens with zero attached hydrogens (tertiary/aromatic N) is 1. The van der Waals surface area contributed by atoms with Gasteiger partial charge in [0.05, 0.1) is 12.8 Å². The first-order valence-corrected chi connectivity index (χ1v) is 18.2. The van der Waals surface area contributed by atoms with Crippen LogP contribution < -0.4 is 26.6 Å². The van der Waals surface area contributed by atoms with E-state index >= 15 is 0 Å². The molecule has 2 rings (SSSR count). The number of carbonyl (C=O) groups is 8. The first-order chi connectivity index (χ1) is 24.9. The fourth-order valence-corrected chi connectivity index (χ4v) is 5.82. The van der Waals surface area contributed by atoms with Crippen molar-refractivity contribution < 1.29 is 48.6 Å². The van der Waals surface area contributed by atoms with Crippen molar-refractivity contribution in [2.45, 2.75) is 117 Å². The molecule has 1 heterocycles. The molecule has 16 heteroatoms. The van der Waals surface area contributed by atoms with Crippen molar-refractivity contribution in [2.75, 3.05) is 13.1 Å². The Bertz CT molecular complexity index is 1440. The van der Waals surface area contributed by atoms with E-state index in [0.29, 0.717) is 19.5 Å². The quantitative estimate of drug-likeness (QED) is 0.0941. The molecule has 5 atom stereocenters. The molecule has 1 fully saturated rings. The zero-order valence-corrected chi connectivity index (χ0v) is 31.5. The molecule has 0 unspecified atom stereocenters. The summed E-state index contributed by atoms with van der Waals surface area (Å²) < 4.78 is 0. The molecule has 16 nitrogen and oxygen atoms in total. The van der Waals surface area contributed by atoms with Crippen LogP contribution in [-0.4, -0.2) is 106 Å². The fraction of sp³-hybridized carbons (Fsp3) is 0.622. The number of rotatable bonds is 21. The number of carboxylic acid groups (broad SMARTS) is 2. The van der Waals surface area contributed by atoms with Gasteiger partial charge in [-0.3, -0.25) is 33.6 Å². The second kappa shape index (κ2) is 21.5. The third-order valence-electron chi connectivity index (χ3n) is 8.80. The molecule has 0 radical (unpaired) electrons. The molecule has 1 aliphatic rings. The van der Waals surface area contributed by atoms with Crippen LogP contribution in [0.2, 0.25) is 0 Å². The predicted molar refractivity (Wildman–Crippen MR) is 194 cm³/mol. The summed E-state index contributed by atoms with van der Waals surface area (Å²) in [4.78, 5) is 105. The number of carboxylic acids is 2. The second-order valence-corrected chi connectivity index (χ2v) is 14.5. The highest BCUT2D eigenvalue weighted by molar-refractivity contribution is 5.98. The average molecular weight is 745 g/mol. The Balaban J connectivity index is 2.27. The molecular weight excluding hydrogens is 688 g/mol. The first-order valence-electron chi connectivity index (χ1n) is 18.2. The molecule has 1 aromatic rings. The minimum absolute atomic E-state index is 0.0369. The smallest absolute Gasteiger partial charge is 0.326 e. The van der Waals surface area contributed by atoms with Crippen LogP contribution in [-0.2, 0) is 44.8 Å². The monoisotopic (exact) mass is 744 g/mol. The van der Waals surface area contributed by atoms with Crippen molar-refractivity contribution in [3.05, 3.63) is 35.9 Å². The number of likely N-dealkylation sites (tertiary alicyclic amines) is 1. The van der Waals surface area contributed by atoms with E-state index < -0.39 is 90.4 Å². The Labute approximate surface area is 310 Å². The Morgan fingerprint density at radius 1 is 0.642 bits per heavy atom. The molecule has 0 aromatic heterocycles. The lowest BCUT2D eigenvalue weighted by molar-refractivity contribution is -0.144. The van der Waals surface area contributed by atoms with Gasteiger partial charge >= 0.3 is 11.9 Å². The van der Waals surface area contributed by atoms with Crippen LogP contribution in [0.5, 0.6) is 0 Å². The number of aliphatic carboxylic acids is 2. The van der Waals surface area contributed by atoms with E-state index in [-0.39, 0.29) is 30.6 Å². The average Bonchev–Trinajstić information content (AvgIpc) is 3.63. The van der Waals surface area contributed by atoms with Crippen LogP contribution in [0, 0.1) is 17.8 Å². The van der Waals surface area contributed by atoms with E-state index in [9.17, 15) is 48.6 Å². The van der Waals surface area contributed by atoms with Gasteiger partial charge in [-0.2, -0.15) is 0 Å². The van der Waals surface area contributed by atoms with Crippen LogP contribution >= 0.6 is 0 Å². The lowest BCUT2D eigenvalue weighted by Gasteiger charge is -2.29. The van der Waals surface area contributed by atoms with Gasteiger partial charge in [0.15, 0.2) is 0 Å². The van der Waals surface area contributed by atoms with E-state index in [0.717, 1.165) is 18.4 Å². The van der Waals surface area contributed by atoms with Gasteiger partial charge in [0.2, 0.25) is 35.4 Å². The summed E-state index contributed by atoms with van der Waals surface area (Å²) in [5, 5.41) is 31.6. The van der Waals surface area contributed by atoms with Gasteiger partial charge in [-0.05, 0) is 49.0 Å². The molecule has 1 aliphatic heterocycles. The highest BCUT2D eigenvalue weighted by Gasteiger charge is 2.36. The van der Waals surface area contributed by atoms with E-state index in [1.165, 1.54) is 4.90 Å². The molecule has 1 saturated heterocycles. The lowest BCUT2D eigenvalue weighted by Crippen LogP contribution is -2.61. The van der Waals surface area contributed by atoms with Crippen molar-refractivity contribution in [2.24, 2.45) is 17.8 Å². The zero-order chi connectivity index (χ0) is 39.8. The van der Waals surface area contributed by atoms with Gasteiger partial charge in [-0.1, -0.05) is 71.9 Å². The number of hydrogen-bond acceptors (Lipinski definition) is 8. The Morgan fingerprint density at radius 3 is 1.64 bits per heavy atom. The second-order valence-electron chi connectivity index (χ2n) is 14.5. The molecule has 0 spiro atoms. The third-order valence-corrected chi connectivity index (χ3v) is 8.80. The molecule has 53 heavy (non-hydrogen) atoms. The Kier molecular flexibility index (Phi) is 17.9. The zero-order valence-electron chi connectivity index (χ0n) is 31.5. The summed E-state index contributed by atoms with van der Waals surface area (Å²) in [6, 6.07) is 2.45. The highest BCUT2D eigenvalue weighted by Crippen LogP contribution is 2.13. The van der Waals surface area contributed by atoms with Crippen LogP contribution in [0.1, 0.15) is 85.6 Å². The van der Waals surface area contributed by atoms with E-state index in [1.54, 1.807) is 41.5 Å². The van der Waals surface area contributed by atoms with Gasteiger partial charge in [-0.25, -0.2) is 4.79 Å². The first kappa shape index (κ1) is 44.1. The lowest BCUT2D eigenvalue weighted by atomic mass is 9.98. The standard InChI is InChI=1S/C37H56N6O10/c1-21(2)18-27(37(52)53)40-34(49)26(20-30(46)47)38-33(48)25(19-29(45)43-16-10-11-17-43)39-35(50)32(23(5)6)42-36(51)31(22(3)4)41-28(44)15-14-24-12-8-7-9-13-24/h7-9,12-13,21-23,25-27,31-32H,10-11,14-20H2,1-6H3,(H,38,48)(H,39,50)(H,40,49)(H,41,44)(H,42,51)(H,46,47)(H,52,53)/t25-,26-,27-,31-,32-/m0/s1. The fourth-order valence-electron chi connectivity index (χ4n) is 5.82. The predicted octanol–water partition coefficient (Wildman–Crippen LogP) is 0.973. The summed E-state index contributed by atoms with van der Waals surface area (Å²) in [5.74, 6) is -8.25. The summed E-state index contributed by atoms with van der Waals surface area (Å²) in [6.45, 7) is 11.1. The summed E-state index contributed by atoms with van der Waals surface area (Å²) in [5.41, 5.74) is 0.956. The van der Waals surface area contributed by atoms with E-state index in [4.69, 9.17) is 0 Å². The summed E-state index contributed by atoms with van der Waals surface area (Å²) in [7, 11) is 0. The maximum Gasteiger partial charge on any atom is 0.326 e. The molecule has 6 amide bonds. The number of benzene rings is 1. The molecule has 7 N–H and O–H groups in total. The molecule has 0 bridgehead atoms. The number of nitrogens with one attached hydrogen (secondary N) is 5. The van der Waals surface area contributed by atoms with Gasteiger partial charge in [-0.15, -0.1) is 0 Å². The van der Waals surface area contributed by atoms with E-state index in [2.05, 4.69) is 26.6 Å². The van der Waals surface area contributed by atoms with Gasteiger partial charge < -0.3 is 41.7 Å². The van der Waals surface area contributed by atoms with Crippen LogP contribution in [0.25, 0.3) is 0 Å². The van der Waals surface area contributed by atoms with Crippen LogP contribution in [0.3, 0.4) is 0 Å². The number of hydrogen-bond donors (Lipinski definition) is 7. The number of amides is 6. The van der Waals surface area contributed by atoms with Gasteiger partial charge in [0.1, 0.15) is 30.2 Å². The Hall–Kier alpha value is -5.02. The van der Waals surface area contributed by atoms with Gasteiger partial charge in [0.25, 0.3) is 0 Å². The van der Waals surface area contributed by atoms with Gasteiger partial charge in [0, 0.05) is 19.5 Å². The number of aryl methyl sites for hydroxylation is 1. The van der Waals surface area contributed by atoms with Crippen molar-refractivity contribution in [1.29, 1.82) is 0 Å².